The van der Waals surface area contributed by atoms with Crippen molar-refractivity contribution < 1.29 is 14.6 Å². The molecule has 0 aromatic heterocycles. The summed E-state index contributed by atoms with van der Waals surface area (Å²) in [6.45, 7) is 0.550. The van der Waals surface area contributed by atoms with E-state index >= 15 is 0 Å². The summed E-state index contributed by atoms with van der Waals surface area (Å²) < 4.78 is 10.3. The maximum Gasteiger partial charge on any atom is 0.143 e. The minimum absolute atomic E-state index is 0.147. The van der Waals surface area contributed by atoms with Gasteiger partial charge in [-0.05, 0) is 25.2 Å². The van der Waals surface area contributed by atoms with Gasteiger partial charge in [0.1, 0.15) is 6.79 Å². The molecule has 1 N–H and O–H groups in total. The van der Waals surface area contributed by atoms with Crippen LogP contribution in [0.4, 0.5) is 0 Å². The quantitative estimate of drug-likeness (QED) is 0.481. The van der Waals surface area contributed by atoms with E-state index in [1.54, 1.807) is 0 Å². The van der Waals surface area contributed by atoms with Crippen molar-refractivity contribution in [2.75, 3.05) is 13.4 Å². The average Bonchev–Trinajstić information content (AvgIpc) is 2.78. The highest BCUT2D eigenvalue weighted by Crippen LogP contribution is 2.39. The summed E-state index contributed by atoms with van der Waals surface area (Å²) in [6.07, 6.45) is 4.60. The fourth-order valence-corrected chi connectivity index (χ4v) is 1.86. The standard InChI is InChI=1S/C8H14O3/c9-5-10-4-6-1-2-7-8(3-6)11-7/h6-9H,1-5H2. The molecule has 0 bridgehead atoms. The largest absolute Gasteiger partial charge is 0.371 e. The van der Waals surface area contributed by atoms with Gasteiger partial charge in [0.15, 0.2) is 0 Å². The molecule has 64 valence electrons. The molecule has 0 aromatic carbocycles. The van der Waals surface area contributed by atoms with Gasteiger partial charge in [-0.15, -0.1) is 0 Å². The number of aliphatic hydroxyl groups is 1. The molecule has 0 amide bonds. The fraction of sp³-hybridized carbons (Fsp3) is 1.00. The molecule has 0 spiro atoms. The predicted octanol–water partition coefficient (Wildman–Crippen LogP) is 0.520. The number of rotatable bonds is 3. The summed E-state index contributed by atoms with van der Waals surface area (Å²) in [4.78, 5) is 0. The first-order valence-electron chi connectivity index (χ1n) is 4.24. The second kappa shape index (κ2) is 3.09. The number of epoxide rings is 1. The predicted molar refractivity (Wildman–Crippen MR) is 39.0 cm³/mol. The molecule has 11 heavy (non-hydrogen) atoms. The van der Waals surface area contributed by atoms with E-state index in [9.17, 15) is 0 Å². The molecule has 2 rings (SSSR count). The Morgan fingerprint density at radius 3 is 3.00 bits per heavy atom. The van der Waals surface area contributed by atoms with E-state index in [2.05, 4.69) is 0 Å². The van der Waals surface area contributed by atoms with E-state index < -0.39 is 0 Å². The molecule has 2 fully saturated rings. The summed E-state index contributed by atoms with van der Waals surface area (Å²) in [5.41, 5.74) is 0. The van der Waals surface area contributed by atoms with Gasteiger partial charge in [0.25, 0.3) is 0 Å². The molecule has 0 radical (unpaired) electrons. The van der Waals surface area contributed by atoms with Gasteiger partial charge in [-0.2, -0.15) is 0 Å². The van der Waals surface area contributed by atoms with Gasteiger partial charge in [0.05, 0.1) is 18.8 Å². The minimum atomic E-state index is -0.147. The first kappa shape index (κ1) is 7.53. The lowest BCUT2D eigenvalue weighted by atomic mass is 9.90. The Kier molecular flexibility index (Phi) is 2.11. The van der Waals surface area contributed by atoms with E-state index in [0.29, 0.717) is 24.7 Å². The molecule has 3 unspecified atom stereocenters. The molecule has 2 aliphatic rings. The maximum absolute atomic E-state index is 8.42. The van der Waals surface area contributed by atoms with Gasteiger partial charge < -0.3 is 14.6 Å². The first-order chi connectivity index (χ1) is 5.40. The van der Waals surface area contributed by atoms with Crippen LogP contribution >= 0.6 is 0 Å². The highest BCUT2D eigenvalue weighted by molar-refractivity contribution is 4.91. The van der Waals surface area contributed by atoms with Crippen molar-refractivity contribution in [3.63, 3.8) is 0 Å². The Hall–Kier alpha value is -0.120. The Balaban J connectivity index is 1.68. The van der Waals surface area contributed by atoms with Crippen molar-refractivity contribution in [1.29, 1.82) is 0 Å². The highest BCUT2D eigenvalue weighted by Gasteiger charge is 2.43. The van der Waals surface area contributed by atoms with Crippen molar-refractivity contribution in [1.82, 2.24) is 0 Å². The maximum atomic E-state index is 8.42. The number of fused-ring (bicyclic) bond motifs is 1. The molecule has 1 saturated heterocycles. The average molecular weight is 158 g/mol. The lowest BCUT2D eigenvalue weighted by molar-refractivity contribution is -0.0214. The van der Waals surface area contributed by atoms with Gasteiger partial charge >= 0.3 is 0 Å². The van der Waals surface area contributed by atoms with Gasteiger partial charge in [-0.1, -0.05) is 0 Å². The van der Waals surface area contributed by atoms with Crippen LogP contribution in [0, 0.1) is 5.92 Å². The van der Waals surface area contributed by atoms with Crippen LogP contribution in [0.5, 0.6) is 0 Å². The molecule has 3 heteroatoms. The molecule has 1 aliphatic heterocycles. The summed E-state index contributed by atoms with van der Waals surface area (Å²) in [6, 6.07) is 0. The van der Waals surface area contributed by atoms with E-state index in [1.807, 2.05) is 0 Å². The molecular formula is C8H14O3. The molecule has 3 nitrogen and oxygen atoms in total. The van der Waals surface area contributed by atoms with E-state index in [-0.39, 0.29) is 6.79 Å². The molecule has 3 atom stereocenters. The third kappa shape index (κ3) is 1.72. The summed E-state index contributed by atoms with van der Waals surface area (Å²) >= 11 is 0. The smallest absolute Gasteiger partial charge is 0.143 e. The van der Waals surface area contributed by atoms with Crippen molar-refractivity contribution >= 4 is 0 Å². The van der Waals surface area contributed by atoms with Crippen LogP contribution in [0.3, 0.4) is 0 Å². The van der Waals surface area contributed by atoms with E-state index in [1.165, 1.54) is 12.8 Å². The fourth-order valence-electron chi connectivity index (χ4n) is 1.86. The number of hydrogen-bond acceptors (Lipinski definition) is 3. The van der Waals surface area contributed by atoms with Crippen LogP contribution in [0.15, 0.2) is 0 Å². The second-order valence-corrected chi connectivity index (χ2v) is 3.39. The second-order valence-electron chi connectivity index (χ2n) is 3.39. The SMILES string of the molecule is OCOCC1CCC2OC2C1. The molecular weight excluding hydrogens is 144 g/mol. The number of ether oxygens (including phenoxy) is 2. The number of aliphatic hydroxyl groups excluding tert-OH is 1. The zero-order valence-electron chi connectivity index (χ0n) is 6.53. The van der Waals surface area contributed by atoms with Gasteiger partial charge in [0.2, 0.25) is 0 Å². The summed E-state index contributed by atoms with van der Waals surface area (Å²) in [5.74, 6) is 0.617. The first-order valence-corrected chi connectivity index (χ1v) is 4.24. The van der Waals surface area contributed by atoms with Crippen molar-refractivity contribution in [3.8, 4) is 0 Å². The summed E-state index contributed by atoms with van der Waals surface area (Å²) in [5, 5.41) is 8.42. The van der Waals surface area contributed by atoms with Gasteiger partial charge in [0, 0.05) is 0 Å². The molecule has 1 saturated carbocycles. The van der Waals surface area contributed by atoms with Gasteiger partial charge in [-0.25, -0.2) is 0 Å². The minimum Gasteiger partial charge on any atom is -0.371 e. The Bertz CT molecular complexity index is 137. The van der Waals surface area contributed by atoms with E-state index in [4.69, 9.17) is 14.6 Å². The van der Waals surface area contributed by atoms with Crippen LogP contribution in [-0.2, 0) is 9.47 Å². The zero-order valence-corrected chi connectivity index (χ0v) is 6.53. The van der Waals surface area contributed by atoms with E-state index in [0.717, 1.165) is 6.42 Å². The molecule has 1 heterocycles. The molecule has 1 aliphatic carbocycles. The van der Waals surface area contributed by atoms with Crippen molar-refractivity contribution in [3.05, 3.63) is 0 Å². The Morgan fingerprint density at radius 2 is 2.27 bits per heavy atom. The number of hydrogen-bond donors (Lipinski definition) is 1. The lowest BCUT2D eigenvalue weighted by Crippen LogP contribution is -2.18. The zero-order chi connectivity index (χ0) is 7.68. The molecule has 0 aromatic rings. The third-order valence-corrected chi connectivity index (χ3v) is 2.56. The van der Waals surface area contributed by atoms with Crippen LogP contribution < -0.4 is 0 Å². The Morgan fingerprint density at radius 1 is 1.36 bits per heavy atom. The topological polar surface area (TPSA) is 42.0 Å². The normalized spacial score (nSPS) is 41.7. The van der Waals surface area contributed by atoms with Gasteiger partial charge in [-0.3, -0.25) is 0 Å². The third-order valence-electron chi connectivity index (χ3n) is 2.56. The van der Waals surface area contributed by atoms with Crippen LogP contribution in [-0.4, -0.2) is 30.7 Å². The van der Waals surface area contributed by atoms with Crippen LogP contribution in [0.2, 0.25) is 0 Å². The highest BCUT2D eigenvalue weighted by atomic mass is 16.6. The van der Waals surface area contributed by atoms with Crippen LogP contribution in [0.1, 0.15) is 19.3 Å². The summed E-state index contributed by atoms with van der Waals surface area (Å²) in [7, 11) is 0. The van der Waals surface area contributed by atoms with Crippen LogP contribution in [0.25, 0.3) is 0 Å². The Labute approximate surface area is 66.3 Å². The monoisotopic (exact) mass is 158 g/mol. The lowest BCUT2D eigenvalue weighted by Gasteiger charge is -2.17. The van der Waals surface area contributed by atoms with Crippen molar-refractivity contribution in [2.45, 2.75) is 31.5 Å². The van der Waals surface area contributed by atoms with Crippen molar-refractivity contribution in [2.24, 2.45) is 5.92 Å².